The summed E-state index contributed by atoms with van der Waals surface area (Å²) < 4.78 is 10.5. The first-order valence-corrected chi connectivity index (χ1v) is 8.83. The highest BCUT2D eigenvalue weighted by Gasteiger charge is 2.18. The van der Waals surface area contributed by atoms with E-state index in [1.807, 2.05) is 23.1 Å². The predicted molar refractivity (Wildman–Crippen MR) is 99.2 cm³/mol. The summed E-state index contributed by atoms with van der Waals surface area (Å²) in [6, 6.07) is 8.96. The molecular weight excluding hydrogens is 332 g/mol. The van der Waals surface area contributed by atoms with E-state index in [-0.39, 0.29) is 5.91 Å². The Bertz CT molecular complexity index is 741. The lowest BCUT2D eigenvalue weighted by Crippen LogP contribution is -2.32. The maximum absolute atomic E-state index is 12.5. The number of hydrogen-bond donors (Lipinski definition) is 1. The van der Waals surface area contributed by atoms with Gasteiger partial charge in [0.1, 0.15) is 0 Å². The molecule has 1 fully saturated rings. The molecule has 1 saturated heterocycles. The molecule has 0 spiro atoms. The number of aromatic nitrogens is 2. The SMILES string of the molecule is COc1ccc(Nc2ccc(C(=O)N3CCCCCC3)nn2)cc1OC. The third-order valence-electron chi connectivity index (χ3n) is 4.43. The van der Waals surface area contributed by atoms with Crippen molar-refractivity contribution in [2.45, 2.75) is 25.7 Å². The quantitative estimate of drug-likeness (QED) is 0.886. The van der Waals surface area contributed by atoms with Crippen LogP contribution in [0.1, 0.15) is 36.2 Å². The summed E-state index contributed by atoms with van der Waals surface area (Å²) in [5, 5.41) is 11.4. The van der Waals surface area contributed by atoms with Crippen LogP contribution in [0.15, 0.2) is 30.3 Å². The number of amides is 1. The maximum Gasteiger partial charge on any atom is 0.274 e. The lowest BCUT2D eigenvalue weighted by Gasteiger charge is -2.19. The van der Waals surface area contributed by atoms with Gasteiger partial charge in [-0.3, -0.25) is 4.79 Å². The summed E-state index contributed by atoms with van der Waals surface area (Å²) in [5.74, 6) is 1.79. The lowest BCUT2D eigenvalue weighted by molar-refractivity contribution is 0.0754. The highest BCUT2D eigenvalue weighted by molar-refractivity contribution is 5.92. The molecule has 7 nitrogen and oxygen atoms in total. The molecule has 2 heterocycles. The number of nitrogens with one attached hydrogen (secondary N) is 1. The van der Waals surface area contributed by atoms with Crippen LogP contribution in [0.3, 0.4) is 0 Å². The highest BCUT2D eigenvalue weighted by atomic mass is 16.5. The van der Waals surface area contributed by atoms with Gasteiger partial charge in [0.2, 0.25) is 0 Å². The van der Waals surface area contributed by atoms with Crippen LogP contribution in [-0.2, 0) is 0 Å². The molecule has 1 aliphatic rings. The maximum atomic E-state index is 12.5. The predicted octanol–water partition coefficient (Wildman–Crippen LogP) is 3.25. The second-order valence-electron chi connectivity index (χ2n) is 6.20. The van der Waals surface area contributed by atoms with Gasteiger partial charge >= 0.3 is 0 Å². The zero-order valence-corrected chi connectivity index (χ0v) is 15.2. The summed E-state index contributed by atoms with van der Waals surface area (Å²) in [5.41, 5.74) is 1.17. The molecule has 1 N–H and O–H groups in total. The van der Waals surface area contributed by atoms with Gasteiger partial charge in [-0.15, -0.1) is 10.2 Å². The van der Waals surface area contributed by atoms with Crippen molar-refractivity contribution in [2.75, 3.05) is 32.6 Å². The molecule has 0 atom stereocenters. The summed E-state index contributed by atoms with van der Waals surface area (Å²) in [6.45, 7) is 1.60. The molecular formula is C19H24N4O3. The average Bonchev–Trinajstić information content (AvgIpc) is 2.97. The van der Waals surface area contributed by atoms with Gasteiger partial charge in [0.15, 0.2) is 23.0 Å². The van der Waals surface area contributed by atoms with Crippen LogP contribution in [0.5, 0.6) is 11.5 Å². The van der Waals surface area contributed by atoms with Crippen molar-refractivity contribution in [3.63, 3.8) is 0 Å². The van der Waals surface area contributed by atoms with Crippen LogP contribution in [0.2, 0.25) is 0 Å². The zero-order valence-electron chi connectivity index (χ0n) is 15.2. The summed E-state index contributed by atoms with van der Waals surface area (Å²) in [4.78, 5) is 14.4. The van der Waals surface area contributed by atoms with Gasteiger partial charge in [-0.05, 0) is 37.1 Å². The second kappa shape index (κ2) is 8.51. The second-order valence-corrected chi connectivity index (χ2v) is 6.20. The van der Waals surface area contributed by atoms with Gasteiger partial charge in [0.25, 0.3) is 5.91 Å². The number of benzene rings is 1. The summed E-state index contributed by atoms with van der Waals surface area (Å²) in [6.07, 6.45) is 4.48. The Labute approximate surface area is 153 Å². The number of carbonyl (C=O) groups excluding carboxylic acids is 1. The van der Waals surface area contributed by atoms with E-state index in [2.05, 4.69) is 15.5 Å². The normalized spacial score (nSPS) is 14.5. The van der Waals surface area contributed by atoms with Crippen LogP contribution in [-0.4, -0.2) is 48.3 Å². The van der Waals surface area contributed by atoms with Crippen LogP contribution < -0.4 is 14.8 Å². The van der Waals surface area contributed by atoms with Gasteiger partial charge in [0, 0.05) is 24.8 Å². The number of rotatable bonds is 5. The van der Waals surface area contributed by atoms with Gasteiger partial charge < -0.3 is 19.7 Å². The first kappa shape index (κ1) is 18.0. The van der Waals surface area contributed by atoms with Gasteiger partial charge in [0.05, 0.1) is 14.2 Å². The van der Waals surface area contributed by atoms with E-state index in [0.29, 0.717) is 23.0 Å². The first-order chi connectivity index (χ1) is 12.7. The van der Waals surface area contributed by atoms with Crippen molar-refractivity contribution in [1.29, 1.82) is 0 Å². The molecule has 7 heteroatoms. The van der Waals surface area contributed by atoms with Crippen LogP contribution in [0.25, 0.3) is 0 Å². The van der Waals surface area contributed by atoms with E-state index >= 15 is 0 Å². The molecule has 1 aromatic heterocycles. The van der Waals surface area contributed by atoms with Crippen molar-refractivity contribution in [2.24, 2.45) is 0 Å². The Morgan fingerprint density at radius 2 is 1.69 bits per heavy atom. The Morgan fingerprint density at radius 1 is 0.962 bits per heavy atom. The van der Waals surface area contributed by atoms with Crippen molar-refractivity contribution in [3.05, 3.63) is 36.0 Å². The van der Waals surface area contributed by atoms with Crippen LogP contribution >= 0.6 is 0 Å². The molecule has 138 valence electrons. The lowest BCUT2D eigenvalue weighted by atomic mass is 10.2. The molecule has 0 aliphatic carbocycles. The third-order valence-corrected chi connectivity index (χ3v) is 4.43. The topological polar surface area (TPSA) is 76.6 Å². The molecule has 0 bridgehead atoms. The van der Waals surface area contributed by atoms with E-state index in [1.165, 1.54) is 12.8 Å². The molecule has 26 heavy (non-hydrogen) atoms. The third kappa shape index (κ3) is 4.22. The molecule has 2 aromatic rings. The molecule has 0 unspecified atom stereocenters. The van der Waals surface area contributed by atoms with E-state index < -0.39 is 0 Å². The number of nitrogens with zero attached hydrogens (tertiary/aromatic N) is 3. The number of hydrogen-bond acceptors (Lipinski definition) is 6. The smallest absolute Gasteiger partial charge is 0.274 e. The minimum absolute atomic E-state index is 0.0444. The molecule has 1 amide bonds. The summed E-state index contributed by atoms with van der Waals surface area (Å²) >= 11 is 0. The number of ether oxygens (including phenoxy) is 2. The van der Waals surface area contributed by atoms with Crippen molar-refractivity contribution < 1.29 is 14.3 Å². The van der Waals surface area contributed by atoms with E-state index in [4.69, 9.17) is 9.47 Å². The number of likely N-dealkylation sites (tertiary alicyclic amines) is 1. The van der Waals surface area contributed by atoms with E-state index in [1.54, 1.807) is 26.4 Å². The fourth-order valence-corrected chi connectivity index (χ4v) is 3.01. The molecule has 0 radical (unpaired) electrons. The fourth-order valence-electron chi connectivity index (χ4n) is 3.01. The Morgan fingerprint density at radius 3 is 2.31 bits per heavy atom. The standard InChI is InChI=1S/C19H24N4O3/c1-25-16-9-7-14(13-17(16)26-2)20-18-10-8-15(21-22-18)19(24)23-11-5-3-4-6-12-23/h7-10,13H,3-6,11-12H2,1-2H3,(H,20,22). The van der Waals surface area contributed by atoms with E-state index in [0.717, 1.165) is 31.6 Å². The minimum atomic E-state index is -0.0444. The summed E-state index contributed by atoms with van der Waals surface area (Å²) in [7, 11) is 3.18. The van der Waals surface area contributed by atoms with Gasteiger partial charge in [-0.2, -0.15) is 0 Å². The number of methoxy groups -OCH3 is 2. The number of carbonyl (C=O) groups is 1. The Kier molecular flexibility index (Phi) is 5.88. The average molecular weight is 356 g/mol. The largest absolute Gasteiger partial charge is 0.493 e. The molecule has 1 aromatic carbocycles. The van der Waals surface area contributed by atoms with Gasteiger partial charge in [-0.1, -0.05) is 12.8 Å². The van der Waals surface area contributed by atoms with Crippen molar-refractivity contribution in [3.8, 4) is 11.5 Å². The minimum Gasteiger partial charge on any atom is -0.493 e. The first-order valence-electron chi connectivity index (χ1n) is 8.83. The van der Waals surface area contributed by atoms with E-state index in [9.17, 15) is 4.79 Å². The molecule has 0 saturated carbocycles. The Balaban J connectivity index is 1.68. The Hall–Kier alpha value is -2.83. The fraction of sp³-hybridized carbons (Fsp3) is 0.421. The number of anilines is 2. The monoisotopic (exact) mass is 356 g/mol. The van der Waals surface area contributed by atoms with Crippen LogP contribution in [0.4, 0.5) is 11.5 Å². The van der Waals surface area contributed by atoms with Gasteiger partial charge in [-0.25, -0.2) is 0 Å². The molecule has 3 rings (SSSR count). The van der Waals surface area contributed by atoms with Crippen molar-refractivity contribution >= 4 is 17.4 Å². The van der Waals surface area contributed by atoms with Crippen LogP contribution in [0, 0.1) is 0 Å². The highest BCUT2D eigenvalue weighted by Crippen LogP contribution is 2.30. The zero-order chi connectivity index (χ0) is 18.4. The van der Waals surface area contributed by atoms with Crippen molar-refractivity contribution in [1.82, 2.24) is 15.1 Å². The molecule has 1 aliphatic heterocycles.